The van der Waals surface area contributed by atoms with Gasteiger partial charge in [0.05, 0.1) is 5.71 Å². The van der Waals surface area contributed by atoms with Crippen LogP contribution >= 0.6 is 0 Å². The fraction of sp³-hybridized carbons (Fsp3) is 0.550. The lowest BCUT2D eigenvalue weighted by molar-refractivity contribution is -0.138. The number of likely N-dealkylation sites (N-methyl/N-ethyl adjacent to an activating group) is 1. The van der Waals surface area contributed by atoms with Crippen LogP contribution in [0, 0.1) is 5.82 Å². The summed E-state index contributed by atoms with van der Waals surface area (Å²) in [5, 5.41) is 10.1. The van der Waals surface area contributed by atoms with E-state index in [2.05, 4.69) is 17.1 Å². The number of carbonyl (C=O) groups is 2. The van der Waals surface area contributed by atoms with Gasteiger partial charge in [0.1, 0.15) is 18.0 Å². The first kappa shape index (κ1) is 19.8. The Kier molecular flexibility index (Phi) is 5.26. The van der Waals surface area contributed by atoms with Gasteiger partial charge in [-0.1, -0.05) is 26.0 Å². The van der Waals surface area contributed by atoms with Gasteiger partial charge in [-0.05, 0) is 30.5 Å². The molecule has 3 atom stereocenters. The first-order valence-corrected chi connectivity index (χ1v) is 10.2. The molecule has 3 unspecified atom stereocenters. The van der Waals surface area contributed by atoms with E-state index in [0.717, 1.165) is 17.7 Å². The summed E-state index contributed by atoms with van der Waals surface area (Å²) in [4.78, 5) is 31.0. The number of nitrogens with zero attached hydrogens (tertiary/aromatic N) is 5. The molecule has 4 rings (SSSR count). The van der Waals surface area contributed by atoms with Gasteiger partial charge in [-0.2, -0.15) is 5.10 Å². The fourth-order valence-corrected chi connectivity index (χ4v) is 4.32. The van der Waals surface area contributed by atoms with Gasteiger partial charge in [0.25, 0.3) is 5.91 Å². The van der Waals surface area contributed by atoms with E-state index in [-0.39, 0.29) is 24.0 Å². The normalized spacial score (nSPS) is 27.2. The number of halogens is 1. The number of hydrogen-bond acceptors (Lipinski definition) is 6. The molecule has 29 heavy (non-hydrogen) atoms. The van der Waals surface area contributed by atoms with E-state index in [9.17, 15) is 14.0 Å². The van der Waals surface area contributed by atoms with E-state index in [1.807, 2.05) is 11.9 Å². The first-order valence-electron chi connectivity index (χ1n) is 10.2. The summed E-state index contributed by atoms with van der Waals surface area (Å²) >= 11 is 0. The van der Waals surface area contributed by atoms with Crippen molar-refractivity contribution in [1.82, 2.24) is 25.0 Å². The Morgan fingerprint density at radius 3 is 2.48 bits per heavy atom. The van der Waals surface area contributed by atoms with Crippen LogP contribution < -0.4 is 5.32 Å². The van der Waals surface area contributed by atoms with Crippen molar-refractivity contribution in [2.24, 2.45) is 5.10 Å². The standard InChI is InChI=1S/C20H27FN6O2/c1-4-10-25-18(28)16-17(24(3)20(25)29)22-19-26(16)12-15(23-27(19)11-5-2)13-6-8-14(21)9-7-13/h6-9,16-17,19,22H,4-5,10-12H2,1-3H3. The minimum Gasteiger partial charge on any atom is -0.310 e. The lowest BCUT2D eigenvalue weighted by Crippen LogP contribution is -2.66. The number of hydrogen-bond donors (Lipinski definition) is 1. The van der Waals surface area contributed by atoms with Crippen molar-refractivity contribution >= 4 is 17.6 Å². The highest BCUT2D eigenvalue weighted by Gasteiger charge is 2.56. The van der Waals surface area contributed by atoms with Crippen LogP contribution in [0.3, 0.4) is 0 Å². The van der Waals surface area contributed by atoms with Crippen molar-refractivity contribution in [2.45, 2.75) is 45.2 Å². The molecular formula is C20H27FN6O2. The van der Waals surface area contributed by atoms with Crippen LogP contribution in [0.2, 0.25) is 0 Å². The van der Waals surface area contributed by atoms with E-state index in [4.69, 9.17) is 5.10 Å². The molecule has 1 aromatic rings. The second-order valence-corrected chi connectivity index (χ2v) is 7.70. The van der Waals surface area contributed by atoms with Crippen LogP contribution in [0.15, 0.2) is 29.4 Å². The summed E-state index contributed by atoms with van der Waals surface area (Å²) in [5.41, 5.74) is 1.61. The fourth-order valence-electron chi connectivity index (χ4n) is 4.32. The highest BCUT2D eigenvalue weighted by Crippen LogP contribution is 2.31. The van der Waals surface area contributed by atoms with Crippen molar-refractivity contribution in [3.8, 4) is 0 Å². The number of benzene rings is 1. The Morgan fingerprint density at radius 1 is 1.14 bits per heavy atom. The molecule has 0 aromatic heterocycles. The van der Waals surface area contributed by atoms with E-state index in [1.165, 1.54) is 17.0 Å². The summed E-state index contributed by atoms with van der Waals surface area (Å²) in [5.74, 6) is -0.471. The van der Waals surface area contributed by atoms with Gasteiger partial charge in [0.15, 0.2) is 6.29 Å². The van der Waals surface area contributed by atoms with Gasteiger partial charge in [-0.25, -0.2) is 14.1 Å². The molecule has 0 aliphatic carbocycles. The average Bonchev–Trinajstić information content (AvgIpc) is 3.10. The third-order valence-corrected chi connectivity index (χ3v) is 5.70. The first-order chi connectivity index (χ1) is 14.0. The van der Waals surface area contributed by atoms with Crippen LogP contribution in [-0.4, -0.2) is 82.5 Å². The summed E-state index contributed by atoms with van der Waals surface area (Å²) in [6.45, 7) is 5.56. The summed E-state index contributed by atoms with van der Waals surface area (Å²) in [6, 6.07) is 5.50. The summed E-state index contributed by atoms with van der Waals surface area (Å²) in [7, 11) is 1.73. The highest BCUT2D eigenvalue weighted by atomic mass is 19.1. The summed E-state index contributed by atoms with van der Waals surface area (Å²) in [6.07, 6.45) is 0.918. The predicted octanol–water partition coefficient (Wildman–Crippen LogP) is 1.44. The summed E-state index contributed by atoms with van der Waals surface area (Å²) < 4.78 is 13.4. The minimum atomic E-state index is -0.487. The monoisotopic (exact) mass is 402 g/mol. The third-order valence-electron chi connectivity index (χ3n) is 5.70. The maximum absolute atomic E-state index is 13.4. The van der Waals surface area contributed by atoms with Crippen LogP contribution in [0.4, 0.5) is 9.18 Å². The zero-order valence-corrected chi connectivity index (χ0v) is 17.0. The van der Waals surface area contributed by atoms with Crippen molar-refractivity contribution in [3.63, 3.8) is 0 Å². The number of imide groups is 1. The van der Waals surface area contributed by atoms with Crippen molar-refractivity contribution in [1.29, 1.82) is 0 Å². The maximum Gasteiger partial charge on any atom is 0.327 e. The van der Waals surface area contributed by atoms with Crippen LogP contribution in [0.5, 0.6) is 0 Å². The molecule has 1 N–H and O–H groups in total. The molecule has 0 bridgehead atoms. The molecule has 2 fully saturated rings. The molecule has 156 valence electrons. The van der Waals surface area contributed by atoms with Gasteiger partial charge in [-0.3, -0.25) is 20.0 Å². The molecule has 3 aliphatic rings. The lowest BCUT2D eigenvalue weighted by Gasteiger charge is -2.42. The number of carbonyl (C=O) groups excluding carboxylic acids is 2. The Balaban J connectivity index is 1.69. The number of amides is 3. The molecule has 0 saturated carbocycles. The number of rotatable bonds is 5. The number of hydrazone groups is 1. The average molecular weight is 402 g/mol. The zero-order valence-electron chi connectivity index (χ0n) is 17.0. The topological polar surface area (TPSA) is 71.5 Å². The molecule has 3 heterocycles. The van der Waals surface area contributed by atoms with Crippen molar-refractivity contribution < 1.29 is 14.0 Å². The number of nitrogens with one attached hydrogen (secondary N) is 1. The molecule has 9 heteroatoms. The Morgan fingerprint density at radius 2 is 1.83 bits per heavy atom. The SMILES string of the molecule is CCCN1C(=O)C2C(NC3N(CCC)N=C(c4ccc(F)cc4)CN23)N(C)C1=O. The zero-order chi connectivity index (χ0) is 20.7. The maximum atomic E-state index is 13.4. The van der Waals surface area contributed by atoms with Gasteiger partial charge >= 0.3 is 6.03 Å². The van der Waals surface area contributed by atoms with E-state index in [0.29, 0.717) is 26.1 Å². The smallest absolute Gasteiger partial charge is 0.310 e. The molecule has 0 radical (unpaired) electrons. The highest BCUT2D eigenvalue weighted by molar-refractivity contribution is 6.04. The largest absolute Gasteiger partial charge is 0.327 e. The molecule has 3 amide bonds. The third kappa shape index (κ3) is 3.28. The Hall–Kier alpha value is -2.52. The van der Waals surface area contributed by atoms with Gasteiger partial charge in [0, 0.05) is 26.7 Å². The van der Waals surface area contributed by atoms with E-state index in [1.54, 1.807) is 24.1 Å². The van der Waals surface area contributed by atoms with Crippen molar-refractivity contribution in [2.75, 3.05) is 26.7 Å². The molecule has 3 aliphatic heterocycles. The molecule has 0 spiro atoms. The molecule has 2 saturated heterocycles. The number of urea groups is 1. The lowest BCUT2D eigenvalue weighted by atomic mass is 10.1. The van der Waals surface area contributed by atoms with Gasteiger partial charge in [0.2, 0.25) is 0 Å². The molecule has 1 aromatic carbocycles. The second kappa shape index (κ2) is 7.72. The molecule has 8 nitrogen and oxygen atoms in total. The second-order valence-electron chi connectivity index (χ2n) is 7.70. The quantitative estimate of drug-likeness (QED) is 0.807. The van der Waals surface area contributed by atoms with Crippen LogP contribution in [-0.2, 0) is 4.79 Å². The molecular weight excluding hydrogens is 375 g/mol. The minimum absolute atomic E-state index is 0.174. The van der Waals surface area contributed by atoms with Crippen molar-refractivity contribution in [3.05, 3.63) is 35.6 Å². The van der Waals surface area contributed by atoms with Gasteiger partial charge < -0.3 is 4.90 Å². The van der Waals surface area contributed by atoms with Crippen LogP contribution in [0.1, 0.15) is 32.3 Å². The van der Waals surface area contributed by atoms with E-state index >= 15 is 0 Å². The van der Waals surface area contributed by atoms with Gasteiger partial charge in [-0.15, -0.1) is 0 Å². The van der Waals surface area contributed by atoms with E-state index < -0.39 is 12.2 Å². The Labute approximate surface area is 169 Å². The Bertz CT molecular complexity index is 829. The number of fused-ring (bicyclic) bond motifs is 3. The predicted molar refractivity (Wildman–Crippen MR) is 106 cm³/mol. The van der Waals surface area contributed by atoms with Crippen LogP contribution in [0.25, 0.3) is 0 Å².